The molecule has 8 heterocycles. The van der Waals surface area contributed by atoms with Gasteiger partial charge >= 0.3 is 29.6 Å². The molecule has 12 aliphatic rings. The molecule has 23 heteroatoms. The molecule has 0 aromatic heterocycles. The number of fused-ring (bicyclic) bond motifs is 4. The van der Waals surface area contributed by atoms with Crippen molar-refractivity contribution in [2.75, 3.05) is 113 Å². The van der Waals surface area contributed by atoms with Gasteiger partial charge in [0.05, 0.1) is 125 Å². The monoisotopic (exact) mass is 1740 g/mol. The molecule has 2 aromatic carbocycles. The zero-order valence-electron chi connectivity index (χ0n) is 79.4. The molecule has 5 saturated heterocycles. The van der Waals surface area contributed by atoms with Gasteiger partial charge in [0.1, 0.15) is 34.7 Å². The first-order chi connectivity index (χ1) is 58.1. The van der Waals surface area contributed by atoms with E-state index in [-0.39, 0.29) is 124 Å². The molecule has 124 heavy (non-hydrogen) atoms. The Kier molecular flexibility index (Phi) is 50.2. The van der Waals surface area contributed by atoms with Crippen molar-refractivity contribution in [1.29, 1.82) is 0 Å². The largest absolute Gasteiger partial charge is 1.00 e. The van der Waals surface area contributed by atoms with Crippen molar-refractivity contribution in [2.24, 2.45) is 65.9 Å². The summed E-state index contributed by atoms with van der Waals surface area (Å²) in [5, 5.41) is 18.4. The van der Waals surface area contributed by atoms with Gasteiger partial charge in [0.2, 0.25) is 11.4 Å². The normalized spacial score (nSPS) is 27.2. The molecule has 0 radical (unpaired) electrons. The van der Waals surface area contributed by atoms with Gasteiger partial charge in [-0.25, -0.2) is 9.69 Å². The van der Waals surface area contributed by atoms with Crippen LogP contribution in [-0.2, 0) is 76.3 Å². The molecule has 2 aromatic rings. The Labute approximate surface area is 769 Å². The van der Waals surface area contributed by atoms with Crippen molar-refractivity contribution in [1.82, 2.24) is 0 Å². The summed E-state index contributed by atoms with van der Waals surface area (Å²) < 4.78 is 52.5. The quantitative estimate of drug-likeness (QED) is 0.102. The second kappa shape index (κ2) is 55.0. The van der Waals surface area contributed by atoms with E-state index in [9.17, 15) is 43.5 Å². The van der Waals surface area contributed by atoms with E-state index >= 15 is 0 Å². The Bertz CT molecular complexity index is 4140. The summed E-state index contributed by atoms with van der Waals surface area (Å²) in [7, 11) is 0.750. The zero-order valence-corrected chi connectivity index (χ0v) is 79.4. The fourth-order valence-electron chi connectivity index (χ4n) is 16.9. The van der Waals surface area contributed by atoms with E-state index in [1.165, 1.54) is 39.6 Å². The number of hydrogen-bond donors (Lipinski definition) is 2. The maximum atomic E-state index is 12.1. The first-order valence-corrected chi connectivity index (χ1v) is 43.1. The summed E-state index contributed by atoms with van der Waals surface area (Å²) in [6, 6.07) is 20.9. The number of benzene rings is 2. The third-order valence-electron chi connectivity index (χ3n) is 24.7. The maximum Gasteiger partial charge on any atom is 1.00 e. The minimum Gasteiger partial charge on any atom is -0.857 e. The van der Waals surface area contributed by atoms with Crippen LogP contribution in [0.1, 0.15) is 262 Å². The van der Waals surface area contributed by atoms with Crippen molar-refractivity contribution in [3.8, 4) is 0 Å². The van der Waals surface area contributed by atoms with Crippen LogP contribution in [0.4, 0.5) is 0 Å². The molecule has 9 atom stereocenters. The molecule has 2 unspecified atom stereocenters. The van der Waals surface area contributed by atoms with E-state index in [0.717, 1.165) is 77.0 Å². The van der Waals surface area contributed by atoms with Gasteiger partial charge in [0, 0.05) is 134 Å². The third-order valence-corrected chi connectivity index (χ3v) is 24.7. The third kappa shape index (κ3) is 33.6. The van der Waals surface area contributed by atoms with Gasteiger partial charge in [0.15, 0.2) is 17.3 Å². The second-order valence-corrected chi connectivity index (χ2v) is 35.9. The standard InChI is InChI=1S/C14H19NO.C13H17NO2.C13H15NO2.C12H18O2.C11H18O3.C11H16O2.C8H11N.C6H10O2.C5H8O2.C5H8O.CH3O.2CH4.Na.H2/c1-11-10-16-9-8-14(11)15-12(2)13-6-4-3-5-7-13;2*1-12(2)10-5-6-16-8-13(10,3)7-9(14-4)11(12)15;1-11(2)9-5-7-14-8-12(9,3)6-4-10(11)13;1-3-9(12)4-6-11(2)8-14-7-5-10(11)13;1-8-9-4-6-13-7-11(9,2)5-3-10(8)12;1-7(9)8-5-3-2-4-6-8;1-5-4-8-3-2-6(5)7;6-5-1-3-7-4-2-5;1-3-5(6)4-2;1-2;;;;/h3-7,11-12H,8-10H2,1-2H3;5,15H,6-8H2,1-3H3;5,7H,6,8H2,1-3H3;5H,4,6-8H2,1-3H3;3-8H2,1-2H3;3-7H2,1-2H3;2-7H,9H2,1H3;5H,2-4H2,1H3;1-4H2;3H,1,4H2,2H3;1H3;2*1H4;;1H/q;;;;;;;;;;-1;;;+1;/t11?,12-;2*13-;12-;2*11-;7-;;;;;;;;/m1111111......../s1/i;;;;;;;;;;;;;;1+1D. The molecular formula is C101H153N4NaO18. The van der Waals surface area contributed by atoms with Crippen LogP contribution in [0.25, 0.3) is 9.69 Å². The van der Waals surface area contributed by atoms with Gasteiger partial charge in [-0.1, -0.05) is 213 Å². The Balaban J connectivity index is 0.00000138. The molecule has 0 spiro atoms. The van der Waals surface area contributed by atoms with Gasteiger partial charge in [0.25, 0.3) is 0 Å². The fraction of sp³-hybridized carbons (Fsp3) is 0.634. The SMILES string of the molecule is C.C.C=CC(=O)CC.CC1(C)C(=O)CC[C@]2(C)COCC=C12.CC1=C2CCOC[C@@]2(C)CCC1=O.CC1COCCC1=N[C@H](C)c1ccccc1.CC1COCCC1=O.CCC(=O)CC[C@]1(C)COCCC1=O.C[C@@H](N)c1ccccc1.C[O-].O=C1CCOCC1.[2H][2H].[C-]#[N+]C1=C(O)C(C)(C)C2=CCOC[C@@]2(C)C1.[C-]#[N+]C1=C[C@]2(C)COCC=C2C(C)(C)C1=O.[Na+]. The molecule has 1 saturated carbocycles. The molecule has 4 aliphatic carbocycles. The molecule has 6 fully saturated rings. The van der Waals surface area contributed by atoms with Crippen LogP contribution in [0.3, 0.4) is 0 Å². The van der Waals surface area contributed by atoms with E-state index in [2.05, 4.69) is 87.3 Å². The molecular weight excluding hydrogens is 1580 g/mol. The maximum absolute atomic E-state index is 12.1. The van der Waals surface area contributed by atoms with Gasteiger partial charge in [-0.05, 0) is 95.1 Å². The van der Waals surface area contributed by atoms with Gasteiger partial charge in [-0.15, -0.1) is 0 Å². The van der Waals surface area contributed by atoms with Crippen LogP contribution in [0, 0.1) is 68.3 Å². The molecule has 8 aliphatic heterocycles. The van der Waals surface area contributed by atoms with Gasteiger partial charge in [-0.2, -0.15) is 7.11 Å². The van der Waals surface area contributed by atoms with E-state index in [0.29, 0.717) is 178 Å². The molecule has 0 bridgehead atoms. The van der Waals surface area contributed by atoms with Crippen LogP contribution in [0.5, 0.6) is 0 Å². The number of Topliss-reactive ketones (excluding diaryl/α,β-unsaturated/α-hetero) is 7. The van der Waals surface area contributed by atoms with E-state index < -0.39 is 16.2 Å². The number of nitrogens with two attached hydrogens (primary N) is 1. The number of ketones is 8. The Hall–Kier alpha value is -6.97. The van der Waals surface area contributed by atoms with Crippen LogP contribution >= 0.6 is 0 Å². The predicted molar refractivity (Wildman–Crippen MR) is 488 cm³/mol. The molecule has 0 amide bonds. The van der Waals surface area contributed by atoms with Crippen LogP contribution in [0.2, 0.25) is 0 Å². The number of nitrogens with zero attached hydrogens (tertiary/aromatic N) is 3. The number of hydrogen-bond acceptors (Lipinski definition) is 20. The number of carbonyl (C=O) groups excluding carboxylic acids is 8. The number of carbonyl (C=O) groups is 8. The van der Waals surface area contributed by atoms with Crippen molar-refractivity contribution in [2.45, 2.75) is 248 Å². The summed E-state index contributed by atoms with van der Waals surface area (Å²) in [4.78, 5) is 101. The number of aliphatic hydroxyl groups excluding tert-OH is 1. The predicted octanol–water partition coefficient (Wildman–Crippen LogP) is 16.2. The number of aliphatic imine (C=N–C) groups is 1. The first kappa shape index (κ1) is 113. The summed E-state index contributed by atoms with van der Waals surface area (Å²) in [6.45, 7) is 64.2. The fourth-order valence-corrected chi connectivity index (χ4v) is 16.9. The Morgan fingerprint density at radius 3 is 1.59 bits per heavy atom. The topological polar surface area (TPSA) is 301 Å². The summed E-state index contributed by atoms with van der Waals surface area (Å²) in [5.74, 6) is 2.75. The molecule has 14 rings (SSSR count). The summed E-state index contributed by atoms with van der Waals surface area (Å²) >= 11 is 0. The minimum atomic E-state index is -0.576. The van der Waals surface area contributed by atoms with E-state index in [1.54, 1.807) is 6.08 Å². The second-order valence-electron chi connectivity index (χ2n) is 35.9. The van der Waals surface area contributed by atoms with E-state index in [1.807, 2.05) is 132 Å². The van der Waals surface area contributed by atoms with Crippen LogP contribution in [-0.4, -0.2) is 170 Å². The van der Waals surface area contributed by atoms with Crippen molar-refractivity contribution in [3.63, 3.8) is 0 Å². The average molecular weight is 1740 g/mol. The number of ether oxygens (including phenoxy) is 8. The summed E-state index contributed by atoms with van der Waals surface area (Å²) in [5.41, 5.74) is 14.2. The van der Waals surface area contributed by atoms with Gasteiger partial charge < -0.3 is 58.6 Å². The van der Waals surface area contributed by atoms with Crippen molar-refractivity contribution < 1.29 is 119 Å². The van der Waals surface area contributed by atoms with Crippen molar-refractivity contribution >= 4 is 52.0 Å². The summed E-state index contributed by atoms with van der Waals surface area (Å²) in [6.07, 6.45) is 19.7. The molecule has 686 valence electrons. The molecule has 3 N–H and O–H groups in total. The Morgan fingerprint density at radius 2 is 1.10 bits per heavy atom. The molecule has 22 nitrogen and oxygen atoms in total. The van der Waals surface area contributed by atoms with Crippen LogP contribution in [0.15, 0.2) is 148 Å². The van der Waals surface area contributed by atoms with Crippen molar-refractivity contribution in [3.05, 3.63) is 177 Å². The number of aliphatic hydroxyl groups is 1. The smallest absolute Gasteiger partial charge is 0.857 e. The average Bonchev–Trinajstić information content (AvgIpc) is 0.747. The Morgan fingerprint density at radius 1 is 0.605 bits per heavy atom. The zero-order chi connectivity index (χ0) is 92.6. The number of rotatable bonds is 9. The first-order valence-electron chi connectivity index (χ1n) is 44.1. The van der Waals surface area contributed by atoms with Crippen LogP contribution < -0.4 is 40.4 Å². The number of allylic oxidation sites excluding steroid dienone is 5. The van der Waals surface area contributed by atoms with Gasteiger partial charge in [-0.3, -0.25) is 38.6 Å². The van der Waals surface area contributed by atoms with E-state index in [4.69, 9.17) is 69.8 Å². The minimum absolute atomic E-state index is 0.